The van der Waals surface area contributed by atoms with E-state index in [1.54, 1.807) is 12.4 Å². The van der Waals surface area contributed by atoms with Gasteiger partial charge in [-0.15, -0.1) is 0 Å². The first-order valence-electron chi connectivity index (χ1n) is 5.09. The minimum atomic E-state index is -1.62. The zero-order chi connectivity index (χ0) is 13.5. The molecule has 0 atom stereocenters. The van der Waals surface area contributed by atoms with Crippen LogP contribution in [0.4, 0.5) is 0 Å². The van der Waals surface area contributed by atoms with Gasteiger partial charge in [0.25, 0.3) is 0 Å². The van der Waals surface area contributed by atoms with Gasteiger partial charge in [-0.2, -0.15) is 0 Å². The SMILES string of the molecule is Cc1cccnc1-c1ncccc1C.[Cl][Cr]([Cl])[Cl]. The van der Waals surface area contributed by atoms with Gasteiger partial charge in [-0.05, 0) is 37.1 Å². The molecule has 0 spiro atoms. The predicted molar refractivity (Wildman–Crippen MR) is 74.5 cm³/mol. The van der Waals surface area contributed by atoms with Crippen LogP contribution >= 0.6 is 30.1 Å². The number of rotatable bonds is 1. The van der Waals surface area contributed by atoms with E-state index in [-0.39, 0.29) is 0 Å². The van der Waals surface area contributed by atoms with E-state index in [1.165, 1.54) is 0 Å². The molecule has 0 aliphatic rings. The van der Waals surface area contributed by atoms with Crippen molar-refractivity contribution in [1.29, 1.82) is 0 Å². The van der Waals surface area contributed by atoms with Crippen LogP contribution in [0.3, 0.4) is 0 Å². The fourth-order valence-corrected chi connectivity index (χ4v) is 1.47. The van der Waals surface area contributed by atoms with Crippen LogP contribution < -0.4 is 0 Å². The summed E-state index contributed by atoms with van der Waals surface area (Å²) in [6.07, 6.45) is 3.60. The molecule has 18 heavy (non-hydrogen) atoms. The summed E-state index contributed by atoms with van der Waals surface area (Å²) in [7, 11) is 14.8. The van der Waals surface area contributed by atoms with E-state index in [1.807, 2.05) is 12.1 Å². The van der Waals surface area contributed by atoms with Crippen LogP contribution in [0.25, 0.3) is 11.4 Å². The maximum absolute atomic E-state index is 4.93. The normalized spacial score (nSPS) is 9.89. The van der Waals surface area contributed by atoms with Gasteiger partial charge in [-0.25, -0.2) is 0 Å². The summed E-state index contributed by atoms with van der Waals surface area (Å²) in [4.78, 5) is 8.69. The quantitative estimate of drug-likeness (QED) is 0.742. The molecule has 0 saturated heterocycles. The molecule has 2 aromatic heterocycles. The molecule has 2 heterocycles. The number of aromatic nitrogens is 2. The molecule has 0 amide bonds. The van der Waals surface area contributed by atoms with Crippen molar-refractivity contribution in [3.8, 4) is 11.4 Å². The van der Waals surface area contributed by atoms with Gasteiger partial charge in [0.05, 0.1) is 11.4 Å². The van der Waals surface area contributed by atoms with Crippen molar-refractivity contribution in [2.24, 2.45) is 0 Å². The second-order valence-corrected chi connectivity index (χ2v) is 9.83. The van der Waals surface area contributed by atoms with E-state index in [2.05, 4.69) is 35.9 Å². The Kier molecular flexibility index (Phi) is 7.00. The Morgan fingerprint density at radius 3 is 1.44 bits per heavy atom. The molecule has 0 bridgehead atoms. The number of nitrogens with zero attached hydrogens (tertiary/aromatic N) is 2. The average Bonchev–Trinajstić information content (AvgIpc) is 2.30. The van der Waals surface area contributed by atoms with Crippen LogP contribution in [0.2, 0.25) is 0 Å². The van der Waals surface area contributed by atoms with Gasteiger partial charge in [-0.1, -0.05) is 12.1 Å². The summed E-state index contributed by atoms with van der Waals surface area (Å²) in [5, 5.41) is 0. The molecule has 0 aliphatic carbocycles. The standard InChI is InChI=1S/C12H12N2.3ClH.Cr/c1-9-5-3-7-13-11(9)12-10(2)6-4-8-14-12;;;;/h3-8H,1-2H3;3*1H;/q;;;;+3/p-3. The molecule has 2 rings (SSSR count). The van der Waals surface area contributed by atoms with Crippen molar-refractivity contribution in [1.82, 2.24) is 9.97 Å². The van der Waals surface area contributed by atoms with Crippen LogP contribution in [0.15, 0.2) is 36.7 Å². The second-order valence-electron chi connectivity index (χ2n) is 3.51. The van der Waals surface area contributed by atoms with Gasteiger partial charge in [-0.3, -0.25) is 9.97 Å². The van der Waals surface area contributed by atoms with Gasteiger partial charge < -0.3 is 0 Å². The van der Waals surface area contributed by atoms with E-state index in [9.17, 15) is 0 Å². The average molecular weight is 343 g/mol. The number of pyridine rings is 2. The van der Waals surface area contributed by atoms with Gasteiger partial charge in [0.2, 0.25) is 0 Å². The zero-order valence-electron chi connectivity index (χ0n) is 9.90. The summed E-state index contributed by atoms with van der Waals surface area (Å²) in [5.41, 5.74) is 4.28. The van der Waals surface area contributed by atoms with Crippen LogP contribution in [0, 0.1) is 13.8 Å². The topological polar surface area (TPSA) is 25.8 Å². The number of halogens is 3. The molecule has 0 aliphatic heterocycles. The molecule has 0 N–H and O–H groups in total. The first-order valence-corrected chi connectivity index (χ1v) is 10.4. The van der Waals surface area contributed by atoms with Gasteiger partial charge >= 0.3 is 41.5 Å². The van der Waals surface area contributed by atoms with E-state index < -0.39 is 11.4 Å². The van der Waals surface area contributed by atoms with E-state index in [0.717, 1.165) is 22.5 Å². The van der Waals surface area contributed by atoms with Gasteiger partial charge in [0.1, 0.15) is 0 Å². The van der Waals surface area contributed by atoms with Crippen LogP contribution in [0.1, 0.15) is 11.1 Å². The second kappa shape index (κ2) is 7.99. The minimum absolute atomic E-state index is 0.977. The fraction of sp³-hybridized carbons (Fsp3) is 0.167. The van der Waals surface area contributed by atoms with E-state index in [4.69, 9.17) is 30.1 Å². The number of aryl methyl sites for hydroxylation is 2. The summed E-state index contributed by atoms with van der Waals surface area (Å²) in [6, 6.07) is 7.99. The molecular formula is C12H12Cl3CrN2. The van der Waals surface area contributed by atoms with Crippen LogP contribution in [0.5, 0.6) is 0 Å². The molecule has 0 radical (unpaired) electrons. The Balaban J connectivity index is 0.000000357. The summed E-state index contributed by atoms with van der Waals surface area (Å²) < 4.78 is 0. The monoisotopic (exact) mass is 341 g/mol. The Bertz CT molecular complexity index is 460. The molecule has 0 aromatic carbocycles. The molecule has 0 saturated carbocycles. The van der Waals surface area contributed by atoms with Gasteiger partial charge in [0, 0.05) is 12.4 Å². The summed E-state index contributed by atoms with van der Waals surface area (Å²) in [5.74, 6) is 0. The zero-order valence-corrected chi connectivity index (χ0v) is 13.4. The molecule has 2 nitrogen and oxygen atoms in total. The third-order valence-electron chi connectivity index (χ3n) is 2.24. The number of hydrogen-bond donors (Lipinski definition) is 0. The van der Waals surface area contributed by atoms with Crippen molar-refractivity contribution >= 4 is 30.1 Å². The summed E-state index contributed by atoms with van der Waals surface area (Å²) in [6.45, 7) is 4.10. The van der Waals surface area contributed by atoms with Crippen molar-refractivity contribution in [3.63, 3.8) is 0 Å². The van der Waals surface area contributed by atoms with Gasteiger partial charge in [0.15, 0.2) is 0 Å². The Hall–Kier alpha value is -0.298. The molecule has 0 unspecified atom stereocenters. The Labute approximate surface area is 124 Å². The van der Waals surface area contributed by atoms with Crippen molar-refractivity contribution in [3.05, 3.63) is 47.8 Å². The molecule has 6 heteroatoms. The molecular weight excluding hydrogens is 331 g/mol. The Morgan fingerprint density at radius 1 is 0.833 bits per heavy atom. The van der Waals surface area contributed by atoms with Crippen LogP contribution in [-0.4, -0.2) is 9.97 Å². The molecule has 0 fully saturated rings. The molecule has 97 valence electrons. The maximum atomic E-state index is 4.93. The van der Waals surface area contributed by atoms with Crippen molar-refractivity contribution in [2.45, 2.75) is 13.8 Å². The predicted octanol–water partition coefficient (Wildman–Crippen LogP) is 4.83. The number of hydrogen-bond acceptors (Lipinski definition) is 2. The van der Waals surface area contributed by atoms with Crippen LogP contribution in [-0.2, 0) is 11.4 Å². The first-order chi connectivity index (χ1) is 8.52. The van der Waals surface area contributed by atoms with Crippen molar-refractivity contribution < 1.29 is 11.4 Å². The van der Waals surface area contributed by atoms with E-state index >= 15 is 0 Å². The fourth-order valence-electron chi connectivity index (χ4n) is 1.47. The van der Waals surface area contributed by atoms with E-state index in [0.29, 0.717) is 0 Å². The van der Waals surface area contributed by atoms with Crippen molar-refractivity contribution in [2.75, 3.05) is 0 Å². The Morgan fingerprint density at radius 2 is 1.17 bits per heavy atom. The summed E-state index contributed by atoms with van der Waals surface area (Å²) >= 11 is -1.62. The first kappa shape index (κ1) is 15.8. The molecule has 2 aromatic rings. The third-order valence-corrected chi connectivity index (χ3v) is 2.24. The third kappa shape index (κ3) is 5.14.